The largest absolute Gasteiger partial charge is 0.490 e. The Morgan fingerprint density at radius 1 is 1.17 bits per heavy atom. The van der Waals surface area contributed by atoms with Gasteiger partial charge in [0.2, 0.25) is 5.95 Å². The first kappa shape index (κ1) is 27.7. The van der Waals surface area contributed by atoms with Crippen molar-refractivity contribution in [3.8, 4) is 0 Å². The maximum Gasteiger partial charge on any atom is 0.490 e. The van der Waals surface area contributed by atoms with Gasteiger partial charge >= 0.3 is 12.1 Å². The van der Waals surface area contributed by atoms with Crippen molar-refractivity contribution in [2.75, 3.05) is 43.9 Å². The number of hydrogen-bond acceptors (Lipinski definition) is 7. The Morgan fingerprint density at radius 2 is 1.74 bits per heavy atom. The first-order valence-corrected chi connectivity index (χ1v) is 10.8. The van der Waals surface area contributed by atoms with Gasteiger partial charge in [-0.15, -0.1) is 0 Å². The van der Waals surface area contributed by atoms with E-state index >= 15 is 0 Å². The molecule has 0 spiro atoms. The average Bonchev–Trinajstić information content (AvgIpc) is 2.99. The normalized spacial score (nSPS) is 13.3. The number of aromatic nitrogens is 3. The molecule has 9 nitrogen and oxygen atoms in total. The molecule has 1 aliphatic rings. The minimum Gasteiger partial charge on any atom is -0.475 e. The van der Waals surface area contributed by atoms with E-state index in [1.165, 1.54) is 12.4 Å². The van der Waals surface area contributed by atoms with E-state index < -0.39 is 18.0 Å². The molecule has 192 valence electrons. The van der Waals surface area contributed by atoms with Crippen molar-refractivity contribution < 1.29 is 32.3 Å². The SMILES string of the molecule is CC(C)CNc1nc2c(cc1C(=O)N(C)C)CCN(c1ncc(F)cn1)CC2.O=C(O)C(F)(F)F. The Balaban J connectivity index is 0.000000540. The fourth-order valence-electron chi connectivity index (χ4n) is 3.14. The van der Waals surface area contributed by atoms with Crippen molar-refractivity contribution in [1.82, 2.24) is 19.9 Å². The topological polar surface area (TPSA) is 112 Å². The predicted molar refractivity (Wildman–Crippen MR) is 121 cm³/mol. The smallest absolute Gasteiger partial charge is 0.475 e. The van der Waals surface area contributed by atoms with Crippen molar-refractivity contribution >= 4 is 23.6 Å². The maximum atomic E-state index is 13.1. The van der Waals surface area contributed by atoms with Crippen LogP contribution >= 0.6 is 0 Å². The lowest BCUT2D eigenvalue weighted by Gasteiger charge is -2.19. The summed E-state index contributed by atoms with van der Waals surface area (Å²) in [5, 5.41) is 10.5. The van der Waals surface area contributed by atoms with Gasteiger partial charge in [-0.1, -0.05) is 13.8 Å². The van der Waals surface area contributed by atoms with E-state index in [9.17, 15) is 22.4 Å². The molecule has 3 rings (SSSR count). The van der Waals surface area contributed by atoms with Gasteiger partial charge in [-0.05, 0) is 24.0 Å². The fourth-order valence-corrected chi connectivity index (χ4v) is 3.14. The Kier molecular flexibility index (Phi) is 9.32. The molecule has 1 amide bonds. The van der Waals surface area contributed by atoms with E-state index in [2.05, 4.69) is 29.1 Å². The third-order valence-corrected chi connectivity index (χ3v) is 4.91. The van der Waals surface area contributed by atoms with Crippen LogP contribution in [-0.4, -0.2) is 76.7 Å². The molecule has 2 N–H and O–H groups in total. The molecule has 0 fully saturated rings. The van der Waals surface area contributed by atoms with Gasteiger partial charge in [-0.25, -0.2) is 24.1 Å². The highest BCUT2D eigenvalue weighted by molar-refractivity contribution is 5.98. The monoisotopic (exact) mass is 500 g/mol. The molecule has 0 bridgehead atoms. The van der Waals surface area contributed by atoms with E-state index in [0.717, 1.165) is 24.2 Å². The molecule has 0 saturated heterocycles. The van der Waals surface area contributed by atoms with Crippen LogP contribution in [-0.2, 0) is 17.6 Å². The van der Waals surface area contributed by atoms with Crippen molar-refractivity contribution in [3.63, 3.8) is 0 Å². The number of pyridine rings is 1. The molecule has 13 heteroatoms. The van der Waals surface area contributed by atoms with Gasteiger partial charge in [0.15, 0.2) is 5.82 Å². The number of carboxylic acid groups (broad SMARTS) is 1. The summed E-state index contributed by atoms with van der Waals surface area (Å²) >= 11 is 0. The Hall–Kier alpha value is -3.51. The van der Waals surface area contributed by atoms with Crippen molar-refractivity contribution in [3.05, 3.63) is 41.1 Å². The van der Waals surface area contributed by atoms with Crippen LogP contribution in [0.4, 0.5) is 29.3 Å². The average molecular weight is 500 g/mol. The summed E-state index contributed by atoms with van der Waals surface area (Å²) in [6.07, 6.45) is -1.29. The van der Waals surface area contributed by atoms with E-state index in [1.54, 1.807) is 19.0 Å². The molecule has 0 aromatic carbocycles. The van der Waals surface area contributed by atoms with Crippen LogP contribution in [0.15, 0.2) is 18.5 Å². The number of nitrogens with zero attached hydrogens (tertiary/aromatic N) is 5. The number of carbonyl (C=O) groups is 2. The number of carbonyl (C=O) groups excluding carboxylic acids is 1. The quantitative estimate of drug-likeness (QED) is 0.603. The highest BCUT2D eigenvalue weighted by atomic mass is 19.4. The highest BCUT2D eigenvalue weighted by Crippen LogP contribution is 2.24. The minimum atomic E-state index is -5.08. The summed E-state index contributed by atoms with van der Waals surface area (Å²) in [6, 6.07) is 1.96. The second-order valence-corrected chi connectivity index (χ2v) is 8.46. The van der Waals surface area contributed by atoms with Crippen molar-refractivity contribution in [2.45, 2.75) is 32.9 Å². The second-order valence-electron chi connectivity index (χ2n) is 8.46. The molecule has 0 atom stereocenters. The van der Waals surface area contributed by atoms with Gasteiger partial charge in [-0.3, -0.25) is 4.79 Å². The minimum absolute atomic E-state index is 0.0653. The highest BCUT2D eigenvalue weighted by Gasteiger charge is 2.38. The number of rotatable bonds is 5. The van der Waals surface area contributed by atoms with Gasteiger partial charge in [0.25, 0.3) is 5.91 Å². The number of amides is 1. The molecule has 3 heterocycles. The van der Waals surface area contributed by atoms with Crippen LogP contribution in [0.5, 0.6) is 0 Å². The summed E-state index contributed by atoms with van der Waals surface area (Å²) < 4.78 is 44.8. The van der Waals surface area contributed by atoms with E-state index in [1.807, 2.05) is 11.0 Å². The number of alkyl halides is 3. The molecule has 0 radical (unpaired) electrons. The molecule has 0 aliphatic carbocycles. The van der Waals surface area contributed by atoms with E-state index in [0.29, 0.717) is 42.8 Å². The third kappa shape index (κ3) is 8.04. The summed E-state index contributed by atoms with van der Waals surface area (Å²) in [5.41, 5.74) is 2.63. The lowest BCUT2D eigenvalue weighted by molar-refractivity contribution is -0.192. The van der Waals surface area contributed by atoms with Crippen LogP contribution < -0.4 is 10.2 Å². The first-order chi connectivity index (χ1) is 16.3. The van der Waals surface area contributed by atoms with Crippen LogP contribution in [0.25, 0.3) is 0 Å². The Morgan fingerprint density at radius 3 is 2.26 bits per heavy atom. The summed E-state index contributed by atoms with van der Waals surface area (Å²) in [6.45, 7) is 6.36. The number of carboxylic acids is 1. The van der Waals surface area contributed by atoms with Crippen LogP contribution in [0.1, 0.15) is 35.5 Å². The zero-order valence-corrected chi connectivity index (χ0v) is 19.9. The van der Waals surface area contributed by atoms with Crippen LogP contribution in [0, 0.1) is 11.7 Å². The van der Waals surface area contributed by atoms with Crippen LogP contribution in [0.3, 0.4) is 0 Å². The lowest BCUT2D eigenvalue weighted by atomic mass is 10.0. The molecule has 0 saturated carbocycles. The number of fused-ring (bicyclic) bond motifs is 1. The Bertz CT molecular complexity index is 1030. The summed E-state index contributed by atoms with van der Waals surface area (Å²) in [5.74, 6) is -1.68. The number of anilines is 2. The zero-order valence-electron chi connectivity index (χ0n) is 19.9. The zero-order chi connectivity index (χ0) is 26.3. The number of halogens is 4. The van der Waals surface area contributed by atoms with Gasteiger partial charge in [0.1, 0.15) is 5.82 Å². The van der Waals surface area contributed by atoms with Crippen molar-refractivity contribution in [2.24, 2.45) is 5.92 Å². The van der Waals surface area contributed by atoms with Gasteiger partial charge < -0.3 is 20.2 Å². The van der Waals surface area contributed by atoms with Gasteiger partial charge in [0.05, 0.1) is 18.0 Å². The van der Waals surface area contributed by atoms with Gasteiger partial charge in [-0.2, -0.15) is 13.2 Å². The van der Waals surface area contributed by atoms with E-state index in [4.69, 9.17) is 14.9 Å². The Labute approximate surface area is 200 Å². The molecular formula is C22H28F4N6O3. The third-order valence-electron chi connectivity index (χ3n) is 4.91. The van der Waals surface area contributed by atoms with Crippen molar-refractivity contribution in [1.29, 1.82) is 0 Å². The predicted octanol–water partition coefficient (Wildman–Crippen LogP) is 3.02. The molecule has 2 aromatic heterocycles. The fraction of sp³-hybridized carbons (Fsp3) is 0.500. The van der Waals surface area contributed by atoms with Crippen LogP contribution in [0.2, 0.25) is 0 Å². The lowest BCUT2D eigenvalue weighted by Crippen LogP contribution is -2.27. The molecular weight excluding hydrogens is 472 g/mol. The maximum absolute atomic E-state index is 13.1. The molecule has 2 aromatic rings. The molecule has 0 unspecified atom stereocenters. The summed E-state index contributed by atoms with van der Waals surface area (Å²) in [7, 11) is 3.49. The van der Waals surface area contributed by atoms with Gasteiger partial charge in [0, 0.05) is 45.8 Å². The number of aliphatic carboxylic acids is 1. The summed E-state index contributed by atoms with van der Waals surface area (Å²) in [4.78, 5) is 38.1. The number of nitrogens with one attached hydrogen (secondary N) is 1. The first-order valence-electron chi connectivity index (χ1n) is 10.8. The van der Waals surface area contributed by atoms with E-state index in [-0.39, 0.29) is 5.91 Å². The molecule has 1 aliphatic heterocycles. The standard InChI is InChI=1S/C20H27FN6O.C2HF3O2/c1-13(2)10-22-18-16(19(28)26(3)4)9-14-5-7-27(8-6-17(14)25-18)20-23-11-15(21)12-24-20;3-2(4,5)1(6)7/h9,11-13H,5-8,10H2,1-4H3,(H,22,25);(H,6,7). The number of hydrogen-bond donors (Lipinski definition) is 2. The molecule has 35 heavy (non-hydrogen) atoms. The second kappa shape index (κ2) is 11.8.